The minimum atomic E-state index is -0.118. The summed E-state index contributed by atoms with van der Waals surface area (Å²) in [5.41, 5.74) is 0.0732. The van der Waals surface area contributed by atoms with E-state index in [2.05, 4.69) is 29.0 Å². The van der Waals surface area contributed by atoms with Gasteiger partial charge in [0.1, 0.15) is 5.82 Å². The van der Waals surface area contributed by atoms with E-state index < -0.39 is 0 Å². The van der Waals surface area contributed by atoms with Crippen molar-refractivity contribution in [3.05, 3.63) is 11.6 Å². The predicted octanol–water partition coefficient (Wildman–Crippen LogP) is 2.36. The Kier molecular flexibility index (Phi) is 3.41. The number of carbonyl (C=O) groups is 1. The van der Waals surface area contributed by atoms with Crippen LogP contribution in [0.3, 0.4) is 0 Å². The summed E-state index contributed by atoms with van der Waals surface area (Å²) in [6.07, 6.45) is 2.22. The zero-order chi connectivity index (χ0) is 14.3. The largest absolute Gasteiger partial charge is 0.335 e. The number of H-pyrrole nitrogens is 1. The second kappa shape index (κ2) is 4.62. The van der Waals surface area contributed by atoms with Crippen LogP contribution in [-0.2, 0) is 5.41 Å². The molecule has 0 saturated carbocycles. The standard InChI is InChI=1S/C14H24N4O/c1-13(2,3)12-15-10(16-17-12)11(19)18-8-6-7-14(4,5)9-18/h6-9H2,1-5H3,(H,15,16,17). The van der Waals surface area contributed by atoms with Crippen LogP contribution in [0.2, 0.25) is 0 Å². The fraction of sp³-hybridized carbons (Fsp3) is 0.786. The van der Waals surface area contributed by atoms with E-state index in [-0.39, 0.29) is 16.7 Å². The molecule has 1 aliphatic heterocycles. The Labute approximate surface area is 114 Å². The highest BCUT2D eigenvalue weighted by molar-refractivity contribution is 5.90. The van der Waals surface area contributed by atoms with Crippen molar-refractivity contribution in [2.24, 2.45) is 5.41 Å². The van der Waals surface area contributed by atoms with Crippen molar-refractivity contribution in [1.29, 1.82) is 0 Å². The smallest absolute Gasteiger partial charge is 0.293 e. The highest BCUT2D eigenvalue weighted by Crippen LogP contribution is 2.29. The number of amides is 1. The zero-order valence-corrected chi connectivity index (χ0v) is 12.6. The molecule has 5 nitrogen and oxygen atoms in total. The maximum absolute atomic E-state index is 12.4. The molecule has 0 aromatic carbocycles. The van der Waals surface area contributed by atoms with Crippen LogP contribution in [-0.4, -0.2) is 39.1 Å². The SMILES string of the molecule is CC1(C)CCCN(C(=O)c2n[nH]c(C(C)(C)C)n2)C1. The van der Waals surface area contributed by atoms with Crippen molar-refractivity contribution < 1.29 is 4.79 Å². The van der Waals surface area contributed by atoms with E-state index in [0.29, 0.717) is 5.82 Å². The van der Waals surface area contributed by atoms with Gasteiger partial charge in [0, 0.05) is 18.5 Å². The van der Waals surface area contributed by atoms with Gasteiger partial charge in [0.2, 0.25) is 5.82 Å². The lowest BCUT2D eigenvalue weighted by atomic mass is 9.84. The van der Waals surface area contributed by atoms with Gasteiger partial charge in [-0.3, -0.25) is 9.89 Å². The first-order chi connectivity index (χ1) is 8.69. The monoisotopic (exact) mass is 264 g/mol. The summed E-state index contributed by atoms with van der Waals surface area (Å²) in [6.45, 7) is 12.1. The van der Waals surface area contributed by atoms with E-state index in [9.17, 15) is 4.79 Å². The molecule has 0 spiro atoms. The molecule has 0 radical (unpaired) electrons. The molecule has 19 heavy (non-hydrogen) atoms. The molecule has 1 saturated heterocycles. The molecule has 2 heterocycles. The van der Waals surface area contributed by atoms with Crippen molar-refractivity contribution >= 4 is 5.91 Å². The number of nitrogens with one attached hydrogen (secondary N) is 1. The molecule has 0 bridgehead atoms. The van der Waals surface area contributed by atoms with E-state index in [1.165, 1.54) is 0 Å². The molecule has 106 valence electrons. The summed E-state index contributed by atoms with van der Waals surface area (Å²) in [5.74, 6) is 0.995. The molecule has 1 aliphatic rings. The zero-order valence-electron chi connectivity index (χ0n) is 12.6. The van der Waals surface area contributed by atoms with Gasteiger partial charge in [-0.05, 0) is 18.3 Å². The Morgan fingerprint density at radius 1 is 1.37 bits per heavy atom. The summed E-state index contributed by atoms with van der Waals surface area (Å²) in [5, 5.41) is 6.96. The topological polar surface area (TPSA) is 61.9 Å². The average molecular weight is 264 g/mol. The lowest BCUT2D eigenvalue weighted by molar-refractivity contribution is 0.0571. The molecule has 5 heteroatoms. The number of nitrogens with zero attached hydrogens (tertiary/aromatic N) is 3. The van der Waals surface area contributed by atoms with Crippen LogP contribution in [0, 0.1) is 5.41 Å². The first-order valence-electron chi connectivity index (χ1n) is 6.91. The van der Waals surface area contributed by atoms with Crippen molar-refractivity contribution in [2.75, 3.05) is 13.1 Å². The Balaban J connectivity index is 2.14. The maximum Gasteiger partial charge on any atom is 0.293 e. The fourth-order valence-electron chi connectivity index (χ4n) is 2.43. The molecule has 1 aromatic rings. The molecule has 1 fully saturated rings. The third-order valence-electron chi connectivity index (χ3n) is 3.57. The summed E-state index contributed by atoms with van der Waals surface area (Å²) in [4.78, 5) is 18.6. The third-order valence-corrected chi connectivity index (χ3v) is 3.57. The Morgan fingerprint density at radius 2 is 2.05 bits per heavy atom. The average Bonchev–Trinajstić information content (AvgIpc) is 2.75. The van der Waals surface area contributed by atoms with Crippen LogP contribution >= 0.6 is 0 Å². The number of likely N-dealkylation sites (tertiary alicyclic amines) is 1. The quantitative estimate of drug-likeness (QED) is 0.847. The highest BCUT2D eigenvalue weighted by atomic mass is 16.2. The molecular weight excluding hydrogens is 240 g/mol. The molecule has 0 unspecified atom stereocenters. The highest BCUT2D eigenvalue weighted by Gasteiger charge is 2.31. The van der Waals surface area contributed by atoms with E-state index in [1.807, 2.05) is 25.7 Å². The van der Waals surface area contributed by atoms with Crippen molar-refractivity contribution in [1.82, 2.24) is 20.1 Å². The molecule has 0 atom stereocenters. The van der Waals surface area contributed by atoms with Gasteiger partial charge < -0.3 is 4.90 Å². The number of carbonyl (C=O) groups excluding carboxylic acids is 1. The normalized spacial score (nSPS) is 19.5. The Morgan fingerprint density at radius 3 is 2.58 bits per heavy atom. The Hall–Kier alpha value is -1.39. The Bertz CT molecular complexity index is 470. The van der Waals surface area contributed by atoms with Crippen LogP contribution in [0.15, 0.2) is 0 Å². The number of piperidine rings is 1. The summed E-state index contributed by atoms with van der Waals surface area (Å²) in [7, 11) is 0. The van der Waals surface area contributed by atoms with Crippen LogP contribution in [0.4, 0.5) is 0 Å². The number of aromatic nitrogens is 3. The summed E-state index contributed by atoms with van der Waals surface area (Å²) < 4.78 is 0. The number of rotatable bonds is 1. The van der Waals surface area contributed by atoms with Gasteiger partial charge in [0.25, 0.3) is 5.91 Å². The fourth-order valence-corrected chi connectivity index (χ4v) is 2.43. The predicted molar refractivity (Wildman–Crippen MR) is 74.0 cm³/mol. The first kappa shape index (κ1) is 14.0. The first-order valence-corrected chi connectivity index (χ1v) is 6.91. The van der Waals surface area contributed by atoms with Crippen molar-refractivity contribution in [3.63, 3.8) is 0 Å². The second-order valence-corrected chi connectivity index (χ2v) is 7.25. The van der Waals surface area contributed by atoms with Gasteiger partial charge in [-0.2, -0.15) is 0 Å². The van der Waals surface area contributed by atoms with E-state index in [4.69, 9.17) is 0 Å². The van der Waals surface area contributed by atoms with Gasteiger partial charge in [0.05, 0.1) is 0 Å². The van der Waals surface area contributed by atoms with E-state index in [0.717, 1.165) is 31.8 Å². The van der Waals surface area contributed by atoms with Crippen LogP contribution < -0.4 is 0 Å². The van der Waals surface area contributed by atoms with Crippen molar-refractivity contribution in [2.45, 2.75) is 52.9 Å². The lowest BCUT2D eigenvalue weighted by Crippen LogP contribution is -2.44. The molecular formula is C14H24N4O. The van der Waals surface area contributed by atoms with Crippen LogP contribution in [0.5, 0.6) is 0 Å². The number of aromatic amines is 1. The van der Waals surface area contributed by atoms with Gasteiger partial charge in [-0.1, -0.05) is 34.6 Å². The van der Waals surface area contributed by atoms with Gasteiger partial charge in [-0.25, -0.2) is 4.98 Å². The summed E-state index contributed by atoms with van der Waals surface area (Å²) in [6, 6.07) is 0. The molecule has 2 rings (SSSR count). The van der Waals surface area contributed by atoms with E-state index >= 15 is 0 Å². The number of hydrogen-bond acceptors (Lipinski definition) is 3. The summed E-state index contributed by atoms with van der Waals surface area (Å²) >= 11 is 0. The second-order valence-electron chi connectivity index (χ2n) is 7.25. The minimum absolute atomic E-state index is 0.0560. The van der Waals surface area contributed by atoms with Gasteiger partial charge in [-0.15, -0.1) is 5.10 Å². The molecule has 1 N–H and O–H groups in total. The van der Waals surface area contributed by atoms with Crippen LogP contribution in [0.25, 0.3) is 0 Å². The third kappa shape index (κ3) is 3.14. The lowest BCUT2D eigenvalue weighted by Gasteiger charge is -2.37. The van der Waals surface area contributed by atoms with Crippen LogP contribution in [0.1, 0.15) is 63.9 Å². The van der Waals surface area contributed by atoms with Crippen molar-refractivity contribution in [3.8, 4) is 0 Å². The molecule has 1 amide bonds. The maximum atomic E-state index is 12.4. The molecule has 1 aromatic heterocycles. The van der Waals surface area contributed by atoms with E-state index in [1.54, 1.807) is 0 Å². The van der Waals surface area contributed by atoms with Gasteiger partial charge in [0.15, 0.2) is 0 Å². The van der Waals surface area contributed by atoms with Gasteiger partial charge >= 0.3 is 0 Å². The molecule has 0 aliphatic carbocycles. The minimum Gasteiger partial charge on any atom is -0.335 e. The number of hydrogen-bond donors (Lipinski definition) is 1.